The van der Waals surface area contributed by atoms with E-state index in [2.05, 4.69) is 24.0 Å². The van der Waals surface area contributed by atoms with E-state index >= 15 is 0 Å². The highest BCUT2D eigenvalue weighted by Crippen LogP contribution is 2.41. The van der Waals surface area contributed by atoms with Crippen molar-refractivity contribution in [3.8, 4) is 5.75 Å². The number of benzene rings is 1. The zero-order valence-corrected chi connectivity index (χ0v) is 16.6. The van der Waals surface area contributed by atoms with Crippen molar-refractivity contribution in [2.75, 3.05) is 20.2 Å². The first-order valence-electron chi connectivity index (χ1n) is 10.1. The molecule has 2 aromatic rings. The third kappa shape index (κ3) is 2.70. The Labute approximate surface area is 164 Å². The van der Waals surface area contributed by atoms with Crippen LogP contribution in [0.4, 0.5) is 0 Å². The average Bonchev–Trinajstić information content (AvgIpc) is 3.07. The highest BCUT2D eigenvalue weighted by atomic mass is 16.6. The van der Waals surface area contributed by atoms with Gasteiger partial charge in [0.1, 0.15) is 29.9 Å². The van der Waals surface area contributed by atoms with E-state index in [4.69, 9.17) is 14.2 Å². The molecule has 0 bridgehead atoms. The van der Waals surface area contributed by atoms with Crippen LogP contribution in [0.1, 0.15) is 37.6 Å². The van der Waals surface area contributed by atoms with Crippen molar-refractivity contribution >= 4 is 16.9 Å². The van der Waals surface area contributed by atoms with Gasteiger partial charge in [-0.1, -0.05) is 0 Å². The van der Waals surface area contributed by atoms with Crippen LogP contribution < -0.4 is 9.64 Å². The molecular weight excluding hydrogens is 356 g/mol. The molecule has 148 valence electrons. The molecule has 1 unspecified atom stereocenters. The van der Waals surface area contributed by atoms with Crippen molar-refractivity contribution in [3.63, 3.8) is 0 Å². The van der Waals surface area contributed by atoms with E-state index < -0.39 is 0 Å². The summed E-state index contributed by atoms with van der Waals surface area (Å²) in [6.45, 7) is 5.74. The lowest BCUT2D eigenvalue weighted by atomic mass is 9.74. The molecule has 0 spiro atoms. The molecule has 1 aromatic carbocycles. The van der Waals surface area contributed by atoms with Crippen LogP contribution in [0.25, 0.3) is 10.9 Å². The van der Waals surface area contributed by atoms with E-state index in [9.17, 15) is 4.79 Å². The second-order valence-corrected chi connectivity index (χ2v) is 8.30. The van der Waals surface area contributed by atoms with Crippen molar-refractivity contribution < 1.29 is 23.9 Å². The van der Waals surface area contributed by atoms with Crippen LogP contribution in [0, 0.1) is 11.8 Å². The molecule has 0 aliphatic carbocycles. The van der Waals surface area contributed by atoms with Crippen molar-refractivity contribution in [3.05, 3.63) is 41.5 Å². The van der Waals surface area contributed by atoms with Gasteiger partial charge in [-0.2, -0.15) is 0 Å². The largest absolute Gasteiger partial charge is 0.497 e. The van der Waals surface area contributed by atoms with Gasteiger partial charge in [-0.05, 0) is 24.6 Å². The minimum atomic E-state index is -0.278. The Bertz CT molecular complexity index is 963. The van der Waals surface area contributed by atoms with Crippen molar-refractivity contribution in [2.24, 2.45) is 11.8 Å². The highest BCUT2D eigenvalue weighted by Gasteiger charge is 2.49. The Morgan fingerprint density at radius 1 is 1.36 bits per heavy atom. The predicted molar refractivity (Wildman–Crippen MR) is 104 cm³/mol. The van der Waals surface area contributed by atoms with Crippen LogP contribution in [-0.2, 0) is 20.7 Å². The Balaban J connectivity index is 1.52. The van der Waals surface area contributed by atoms with E-state index in [0.29, 0.717) is 17.7 Å². The first-order chi connectivity index (χ1) is 13.5. The zero-order chi connectivity index (χ0) is 19.4. The van der Waals surface area contributed by atoms with Gasteiger partial charge in [0.2, 0.25) is 0 Å². The molecule has 3 aliphatic heterocycles. The zero-order valence-electron chi connectivity index (χ0n) is 16.6. The minimum Gasteiger partial charge on any atom is -0.497 e. The van der Waals surface area contributed by atoms with E-state index in [1.54, 1.807) is 18.3 Å². The van der Waals surface area contributed by atoms with Gasteiger partial charge < -0.3 is 24.1 Å². The number of fused-ring (bicyclic) bond motifs is 6. The maximum Gasteiger partial charge on any atom is 0.307 e. The molecule has 1 aromatic heterocycles. The number of methoxy groups -OCH3 is 1. The molecule has 1 saturated heterocycles. The van der Waals surface area contributed by atoms with E-state index in [1.807, 2.05) is 6.07 Å². The van der Waals surface area contributed by atoms with Gasteiger partial charge in [0.15, 0.2) is 0 Å². The average molecular weight is 383 g/mol. The number of carbonyl (C=O) groups excluding carboxylic acids is 1. The topological polar surface area (TPSA) is 65.0 Å². The molecule has 0 radical (unpaired) electrons. The first-order valence-corrected chi connectivity index (χ1v) is 10.1. The summed E-state index contributed by atoms with van der Waals surface area (Å²) in [5.41, 5.74) is 3.91. The number of aromatic nitrogens is 1. The molecule has 6 nitrogen and oxygen atoms in total. The molecule has 2 N–H and O–H groups in total. The summed E-state index contributed by atoms with van der Waals surface area (Å²) >= 11 is 0. The normalized spacial score (nSPS) is 31.1. The highest BCUT2D eigenvalue weighted by molar-refractivity contribution is 5.86. The number of hydrogen-bond donors (Lipinski definition) is 2. The van der Waals surface area contributed by atoms with Crippen molar-refractivity contribution in [2.45, 2.75) is 38.8 Å². The van der Waals surface area contributed by atoms with Gasteiger partial charge in [-0.3, -0.25) is 4.79 Å². The van der Waals surface area contributed by atoms with Crippen molar-refractivity contribution in [1.82, 2.24) is 4.98 Å². The Morgan fingerprint density at radius 2 is 2.21 bits per heavy atom. The number of hydrogen-bond acceptors (Lipinski definition) is 4. The number of aromatic amines is 1. The summed E-state index contributed by atoms with van der Waals surface area (Å²) in [7, 11) is 1.70. The maximum atomic E-state index is 11.6. The summed E-state index contributed by atoms with van der Waals surface area (Å²) in [6, 6.07) is 6.67. The molecule has 3 aliphatic rings. The Hall–Kier alpha value is -2.47. The van der Waals surface area contributed by atoms with Gasteiger partial charge in [-0.25, -0.2) is 0 Å². The molecule has 5 atom stereocenters. The summed E-state index contributed by atoms with van der Waals surface area (Å²) in [5, 5.41) is 1.30. The van der Waals surface area contributed by atoms with Crippen LogP contribution in [0.2, 0.25) is 0 Å². The smallest absolute Gasteiger partial charge is 0.307 e. The number of allylic oxidation sites excluding steroid dienone is 1. The van der Waals surface area contributed by atoms with Crippen molar-refractivity contribution in [1.29, 1.82) is 0 Å². The molecule has 0 saturated carbocycles. The van der Waals surface area contributed by atoms with Gasteiger partial charge in [0, 0.05) is 42.7 Å². The molecule has 1 fully saturated rings. The van der Waals surface area contributed by atoms with Gasteiger partial charge in [0.25, 0.3) is 0 Å². The van der Waals surface area contributed by atoms with E-state index in [1.165, 1.54) is 23.6 Å². The van der Waals surface area contributed by atoms with E-state index in [-0.39, 0.29) is 18.0 Å². The fourth-order valence-corrected chi connectivity index (χ4v) is 5.46. The SMILES string of the molecule is COc1ccc2c3c([nH]c2c1)[C@@H]1C[C@@H]2C(OC(C)=O)=CO[C@@H](C)[C@@H]2C[NH+]1CC3. The van der Waals surface area contributed by atoms with E-state index in [0.717, 1.165) is 37.2 Å². The minimum absolute atomic E-state index is 0.145. The third-order valence-electron chi connectivity index (χ3n) is 6.82. The fraction of sp³-hybridized carbons (Fsp3) is 0.500. The number of piperidine rings is 1. The molecule has 28 heavy (non-hydrogen) atoms. The number of quaternary nitrogens is 1. The number of ether oxygens (including phenoxy) is 3. The lowest BCUT2D eigenvalue weighted by Crippen LogP contribution is -3.15. The Kier molecular flexibility index (Phi) is 4.12. The number of H-pyrrole nitrogens is 1. The standard InChI is InChI=1S/C22H26N2O4/c1-12-18-10-24-7-6-16-15-5-4-14(26-3)8-19(15)23-22(16)20(24)9-17(18)21(11-27-12)28-13(2)25/h4-5,8,11-12,17-18,20,23H,6-7,9-10H2,1-3H3/p+1/t12-,17-,18-,20-/m0/s1. The molecule has 4 heterocycles. The number of nitrogens with one attached hydrogen (secondary N) is 2. The summed E-state index contributed by atoms with van der Waals surface area (Å²) < 4.78 is 16.7. The monoisotopic (exact) mass is 383 g/mol. The molecule has 5 rings (SSSR count). The lowest BCUT2D eigenvalue weighted by Gasteiger charge is -2.46. The quantitative estimate of drug-likeness (QED) is 0.780. The lowest BCUT2D eigenvalue weighted by molar-refractivity contribution is -0.945. The van der Waals surface area contributed by atoms with Crippen LogP contribution in [0.5, 0.6) is 5.75 Å². The third-order valence-corrected chi connectivity index (χ3v) is 6.82. The fourth-order valence-electron chi connectivity index (χ4n) is 5.46. The number of rotatable bonds is 2. The summed E-state index contributed by atoms with van der Waals surface area (Å²) in [6.07, 6.45) is 3.85. The molecule has 0 amide bonds. The Morgan fingerprint density at radius 3 is 3.00 bits per heavy atom. The van der Waals surface area contributed by atoms with Gasteiger partial charge >= 0.3 is 5.97 Å². The van der Waals surface area contributed by atoms with Crippen LogP contribution in [0.15, 0.2) is 30.2 Å². The second-order valence-electron chi connectivity index (χ2n) is 8.30. The second kappa shape index (κ2) is 6.55. The summed E-state index contributed by atoms with van der Waals surface area (Å²) in [4.78, 5) is 16.9. The maximum absolute atomic E-state index is 11.6. The van der Waals surface area contributed by atoms with Crippen LogP contribution >= 0.6 is 0 Å². The predicted octanol–water partition coefficient (Wildman–Crippen LogP) is 2.12. The number of esters is 1. The molecule has 6 heteroatoms. The molecular formula is C22H27N2O4+. The summed E-state index contributed by atoms with van der Waals surface area (Å²) in [5.74, 6) is 1.88. The van der Waals surface area contributed by atoms with Crippen LogP contribution in [-0.4, -0.2) is 37.3 Å². The first kappa shape index (κ1) is 17.6. The van der Waals surface area contributed by atoms with Gasteiger partial charge in [-0.15, -0.1) is 0 Å². The van der Waals surface area contributed by atoms with Crippen LogP contribution in [0.3, 0.4) is 0 Å². The number of carbonyl (C=O) groups is 1. The van der Waals surface area contributed by atoms with Gasteiger partial charge in [0.05, 0.1) is 31.8 Å².